The number of rotatable bonds is 5. The lowest BCUT2D eigenvalue weighted by Gasteiger charge is -2.18. The van der Waals surface area contributed by atoms with E-state index in [4.69, 9.17) is 28.3 Å². The monoisotopic (exact) mass is 275 g/mol. The number of carboxylic acids is 1. The number of hydrogen-bond donors (Lipinski definition) is 2. The van der Waals surface area contributed by atoms with Crippen molar-refractivity contribution < 1.29 is 9.90 Å². The van der Waals surface area contributed by atoms with Gasteiger partial charge in [0.1, 0.15) is 6.04 Å². The van der Waals surface area contributed by atoms with Crippen LogP contribution in [0.2, 0.25) is 10.0 Å². The average Bonchev–Trinajstić information content (AvgIpc) is 2.22. The van der Waals surface area contributed by atoms with Crippen LogP contribution in [0.3, 0.4) is 0 Å². The van der Waals surface area contributed by atoms with Crippen molar-refractivity contribution in [1.29, 1.82) is 0 Å². The standard InChI is InChI=1S/C12H15Cl2NO2/c1-7(2)11(12(16)17)15-6-8-3-4-9(13)10(14)5-8/h3-5,7,11,15H,6H2,1-2H3,(H,16,17)/t11-/m1/s1. The summed E-state index contributed by atoms with van der Waals surface area (Å²) in [5.41, 5.74) is 0.909. The van der Waals surface area contributed by atoms with E-state index >= 15 is 0 Å². The minimum atomic E-state index is -0.847. The third-order valence-corrected chi connectivity index (χ3v) is 3.18. The third-order valence-electron chi connectivity index (χ3n) is 2.44. The Morgan fingerprint density at radius 2 is 2.00 bits per heavy atom. The van der Waals surface area contributed by atoms with Gasteiger partial charge in [0.05, 0.1) is 10.0 Å². The number of aliphatic carboxylic acids is 1. The maximum Gasteiger partial charge on any atom is 0.320 e. The van der Waals surface area contributed by atoms with Gasteiger partial charge in [-0.05, 0) is 23.6 Å². The van der Waals surface area contributed by atoms with E-state index in [0.29, 0.717) is 16.6 Å². The van der Waals surface area contributed by atoms with Crippen molar-refractivity contribution in [3.05, 3.63) is 33.8 Å². The largest absolute Gasteiger partial charge is 0.480 e. The molecule has 1 rings (SSSR count). The summed E-state index contributed by atoms with van der Waals surface area (Å²) in [6.45, 7) is 4.17. The van der Waals surface area contributed by atoms with Gasteiger partial charge in [0.2, 0.25) is 0 Å². The number of nitrogens with one attached hydrogen (secondary N) is 1. The zero-order valence-corrected chi connectivity index (χ0v) is 11.2. The molecule has 0 saturated heterocycles. The molecule has 0 aliphatic carbocycles. The summed E-state index contributed by atoms with van der Waals surface area (Å²) in [5.74, 6) is -0.824. The third kappa shape index (κ3) is 4.19. The van der Waals surface area contributed by atoms with E-state index in [0.717, 1.165) is 5.56 Å². The lowest BCUT2D eigenvalue weighted by molar-refractivity contribution is -0.140. The van der Waals surface area contributed by atoms with Crippen LogP contribution >= 0.6 is 23.2 Å². The summed E-state index contributed by atoms with van der Waals surface area (Å²) < 4.78 is 0. The Morgan fingerprint density at radius 1 is 1.35 bits per heavy atom. The molecule has 1 aromatic rings. The van der Waals surface area contributed by atoms with E-state index in [-0.39, 0.29) is 5.92 Å². The second-order valence-corrected chi connectivity index (χ2v) is 5.00. The lowest BCUT2D eigenvalue weighted by atomic mass is 10.0. The molecule has 0 saturated carbocycles. The van der Waals surface area contributed by atoms with E-state index in [9.17, 15) is 4.79 Å². The molecule has 94 valence electrons. The Hall–Kier alpha value is -0.770. The van der Waals surface area contributed by atoms with Gasteiger partial charge in [-0.25, -0.2) is 0 Å². The van der Waals surface area contributed by atoms with Gasteiger partial charge >= 0.3 is 5.97 Å². The highest BCUT2D eigenvalue weighted by atomic mass is 35.5. The summed E-state index contributed by atoms with van der Waals surface area (Å²) in [5, 5.41) is 13.0. The summed E-state index contributed by atoms with van der Waals surface area (Å²) in [4.78, 5) is 11.0. The normalized spacial score (nSPS) is 12.8. The molecular weight excluding hydrogens is 261 g/mol. The van der Waals surface area contributed by atoms with Crippen molar-refractivity contribution in [2.24, 2.45) is 5.92 Å². The molecule has 17 heavy (non-hydrogen) atoms. The van der Waals surface area contributed by atoms with Crippen LogP contribution in [0.15, 0.2) is 18.2 Å². The van der Waals surface area contributed by atoms with Crippen molar-refractivity contribution >= 4 is 29.2 Å². The molecule has 0 bridgehead atoms. The highest BCUT2D eigenvalue weighted by Gasteiger charge is 2.20. The zero-order chi connectivity index (χ0) is 13.0. The highest BCUT2D eigenvalue weighted by molar-refractivity contribution is 6.42. The van der Waals surface area contributed by atoms with Gasteiger partial charge in [-0.15, -0.1) is 0 Å². The van der Waals surface area contributed by atoms with Crippen LogP contribution in [0.25, 0.3) is 0 Å². The summed E-state index contributed by atoms with van der Waals surface area (Å²) >= 11 is 11.7. The van der Waals surface area contributed by atoms with E-state index in [2.05, 4.69) is 5.32 Å². The van der Waals surface area contributed by atoms with Crippen LogP contribution in [0.5, 0.6) is 0 Å². The quantitative estimate of drug-likeness (QED) is 0.868. The molecule has 0 unspecified atom stereocenters. The maximum absolute atomic E-state index is 11.0. The highest BCUT2D eigenvalue weighted by Crippen LogP contribution is 2.22. The van der Waals surface area contributed by atoms with Gasteiger partial charge < -0.3 is 10.4 Å². The summed E-state index contributed by atoms with van der Waals surface area (Å²) in [6, 6.07) is 4.69. The van der Waals surface area contributed by atoms with E-state index in [1.165, 1.54) is 0 Å². The number of carbonyl (C=O) groups is 1. The number of hydrogen-bond acceptors (Lipinski definition) is 2. The van der Waals surface area contributed by atoms with Crippen LogP contribution in [0.1, 0.15) is 19.4 Å². The first-order valence-electron chi connectivity index (χ1n) is 5.32. The molecule has 0 spiro atoms. The minimum absolute atomic E-state index is 0.0234. The second-order valence-electron chi connectivity index (χ2n) is 4.19. The first-order chi connectivity index (χ1) is 7.91. The molecule has 0 amide bonds. The Morgan fingerprint density at radius 3 is 2.47 bits per heavy atom. The second kappa shape index (κ2) is 6.24. The van der Waals surface area contributed by atoms with Crippen molar-refractivity contribution in [3.63, 3.8) is 0 Å². The van der Waals surface area contributed by atoms with Crippen molar-refractivity contribution in [2.45, 2.75) is 26.4 Å². The average molecular weight is 276 g/mol. The van der Waals surface area contributed by atoms with Crippen LogP contribution < -0.4 is 5.32 Å². The van der Waals surface area contributed by atoms with Gasteiger partial charge in [-0.1, -0.05) is 43.1 Å². The van der Waals surface area contributed by atoms with Crippen LogP contribution in [0, 0.1) is 5.92 Å². The molecule has 5 heteroatoms. The van der Waals surface area contributed by atoms with Gasteiger partial charge in [0.25, 0.3) is 0 Å². The van der Waals surface area contributed by atoms with Gasteiger partial charge in [0.15, 0.2) is 0 Å². The van der Waals surface area contributed by atoms with Gasteiger partial charge in [-0.3, -0.25) is 4.79 Å². The molecule has 0 fully saturated rings. The molecule has 0 heterocycles. The molecule has 0 aliphatic heterocycles. The number of halogens is 2. The lowest BCUT2D eigenvalue weighted by Crippen LogP contribution is -2.40. The first kappa shape index (κ1) is 14.3. The van der Waals surface area contributed by atoms with Crippen molar-refractivity contribution in [1.82, 2.24) is 5.32 Å². The van der Waals surface area contributed by atoms with Crippen molar-refractivity contribution in [2.75, 3.05) is 0 Å². The first-order valence-corrected chi connectivity index (χ1v) is 6.07. The molecule has 0 aliphatic rings. The van der Waals surface area contributed by atoms with Crippen LogP contribution in [-0.4, -0.2) is 17.1 Å². The Kier molecular flexibility index (Phi) is 5.25. The molecule has 1 atom stereocenters. The van der Waals surface area contributed by atoms with Crippen molar-refractivity contribution in [3.8, 4) is 0 Å². The summed E-state index contributed by atoms with van der Waals surface area (Å²) in [6.07, 6.45) is 0. The zero-order valence-electron chi connectivity index (χ0n) is 9.71. The fourth-order valence-corrected chi connectivity index (χ4v) is 1.81. The molecule has 3 nitrogen and oxygen atoms in total. The van der Waals surface area contributed by atoms with Crippen LogP contribution in [-0.2, 0) is 11.3 Å². The Balaban J connectivity index is 2.65. The molecule has 0 aromatic heterocycles. The predicted molar refractivity (Wildman–Crippen MR) is 69.6 cm³/mol. The number of carboxylic acid groups (broad SMARTS) is 1. The fourth-order valence-electron chi connectivity index (χ4n) is 1.49. The SMILES string of the molecule is CC(C)[C@@H](NCc1ccc(Cl)c(Cl)c1)C(=O)O. The fraction of sp³-hybridized carbons (Fsp3) is 0.417. The van der Waals surface area contributed by atoms with Gasteiger partial charge in [0, 0.05) is 6.54 Å². The molecule has 0 radical (unpaired) electrons. The van der Waals surface area contributed by atoms with E-state index in [1.807, 2.05) is 19.9 Å². The molecule has 2 N–H and O–H groups in total. The van der Waals surface area contributed by atoms with Crippen LogP contribution in [0.4, 0.5) is 0 Å². The molecule has 1 aromatic carbocycles. The smallest absolute Gasteiger partial charge is 0.320 e. The summed E-state index contributed by atoms with van der Waals surface area (Å²) in [7, 11) is 0. The van der Waals surface area contributed by atoms with E-state index < -0.39 is 12.0 Å². The topological polar surface area (TPSA) is 49.3 Å². The Bertz CT molecular complexity index is 407. The predicted octanol–water partition coefficient (Wildman–Crippen LogP) is 3.19. The van der Waals surface area contributed by atoms with Gasteiger partial charge in [-0.2, -0.15) is 0 Å². The molecular formula is C12H15Cl2NO2. The minimum Gasteiger partial charge on any atom is -0.480 e. The number of benzene rings is 1. The maximum atomic E-state index is 11.0. The van der Waals surface area contributed by atoms with E-state index in [1.54, 1.807) is 12.1 Å². The Labute approximate surface area is 111 Å².